The average Bonchev–Trinajstić information content (AvgIpc) is 2.77. The van der Waals surface area contributed by atoms with Crippen LogP contribution in [0.3, 0.4) is 0 Å². The molecule has 2 atom stereocenters. The van der Waals surface area contributed by atoms with Gasteiger partial charge in [0.25, 0.3) is 0 Å². The van der Waals surface area contributed by atoms with Crippen molar-refractivity contribution < 1.29 is 40.3 Å². The summed E-state index contributed by atoms with van der Waals surface area (Å²) in [6.07, 6.45) is -9.75. The van der Waals surface area contributed by atoms with Crippen LogP contribution in [0.1, 0.15) is 40.2 Å². The van der Waals surface area contributed by atoms with Crippen molar-refractivity contribution in [2.45, 2.75) is 38.2 Å². The van der Waals surface area contributed by atoms with Crippen LogP contribution in [-0.4, -0.2) is 48.3 Å². The maximum absolute atomic E-state index is 13.7. The van der Waals surface area contributed by atoms with Crippen molar-refractivity contribution in [3.8, 4) is 0 Å². The summed E-state index contributed by atoms with van der Waals surface area (Å²) >= 11 is 0. The molecule has 0 aromatic heterocycles. The smallest absolute Gasteiger partial charge is 0.369 e. The fourth-order valence-corrected chi connectivity index (χ4v) is 4.79. The first kappa shape index (κ1) is 28.4. The molecule has 0 radical (unpaired) electrons. The van der Waals surface area contributed by atoms with E-state index in [2.05, 4.69) is 0 Å². The summed E-state index contributed by atoms with van der Waals surface area (Å²) in [6, 6.07) is 5.29. The maximum Gasteiger partial charge on any atom is 0.416 e. The van der Waals surface area contributed by atoms with Crippen molar-refractivity contribution in [3.63, 3.8) is 0 Å². The molecule has 1 aliphatic heterocycles. The molecule has 3 rings (SSSR count). The summed E-state index contributed by atoms with van der Waals surface area (Å²) in [6.45, 7) is 1.69. The number of nitrogens with zero attached hydrogens (tertiary/aromatic N) is 2. The van der Waals surface area contributed by atoms with Crippen LogP contribution < -0.4 is 5.73 Å². The number of hydrogen-bond donors (Lipinski definition) is 1. The van der Waals surface area contributed by atoms with Crippen LogP contribution in [0.2, 0.25) is 0 Å². The van der Waals surface area contributed by atoms with Gasteiger partial charge < -0.3 is 10.6 Å². The number of nitrogens with two attached hydrogens (primary N) is 1. The number of carbonyl (C=O) groups is 2. The number of hydrogen-bond acceptors (Lipinski definition) is 3. The van der Waals surface area contributed by atoms with Gasteiger partial charge in [0, 0.05) is 32.0 Å². The number of piperidine rings is 1. The van der Waals surface area contributed by atoms with Gasteiger partial charge in [0.05, 0.1) is 17.7 Å². The second kappa shape index (κ2) is 10.7. The minimum Gasteiger partial charge on any atom is -0.369 e. The number of likely N-dealkylation sites (tertiary alicyclic amines) is 1. The molecule has 0 aliphatic carbocycles. The van der Waals surface area contributed by atoms with E-state index < -0.39 is 59.5 Å². The molecule has 202 valence electrons. The summed E-state index contributed by atoms with van der Waals surface area (Å²) in [5, 5.41) is 0. The Morgan fingerprint density at radius 1 is 1.03 bits per heavy atom. The van der Waals surface area contributed by atoms with E-state index in [1.54, 1.807) is 11.8 Å². The van der Waals surface area contributed by atoms with E-state index in [4.69, 9.17) is 5.73 Å². The number of alkyl halides is 6. The van der Waals surface area contributed by atoms with E-state index >= 15 is 0 Å². The van der Waals surface area contributed by atoms with Gasteiger partial charge in [0.1, 0.15) is 5.82 Å². The Morgan fingerprint density at radius 3 is 2.14 bits per heavy atom. The van der Waals surface area contributed by atoms with E-state index in [9.17, 15) is 40.3 Å². The first-order chi connectivity index (χ1) is 17.1. The average molecular weight is 533 g/mol. The molecule has 0 bridgehead atoms. The monoisotopic (exact) mass is 533 g/mol. The van der Waals surface area contributed by atoms with Gasteiger partial charge in [-0.05, 0) is 66.9 Å². The molecule has 1 saturated heterocycles. The lowest BCUT2D eigenvalue weighted by atomic mass is 9.78. The molecule has 12 heteroatoms. The third kappa shape index (κ3) is 7.00. The number of aryl methyl sites for hydroxylation is 1. The zero-order valence-corrected chi connectivity index (χ0v) is 20.1. The molecule has 5 nitrogen and oxygen atoms in total. The lowest BCUT2D eigenvalue weighted by Crippen LogP contribution is -2.48. The maximum atomic E-state index is 13.7. The normalized spacial score (nSPS) is 19.1. The van der Waals surface area contributed by atoms with Crippen LogP contribution in [-0.2, 0) is 28.5 Å². The van der Waals surface area contributed by atoms with Crippen LogP contribution >= 0.6 is 0 Å². The van der Waals surface area contributed by atoms with Crippen molar-refractivity contribution in [1.29, 1.82) is 0 Å². The highest BCUT2D eigenvalue weighted by molar-refractivity contribution is 5.80. The summed E-state index contributed by atoms with van der Waals surface area (Å²) in [5.41, 5.74) is 3.29. The van der Waals surface area contributed by atoms with Gasteiger partial charge in [-0.3, -0.25) is 14.5 Å². The third-order valence-electron chi connectivity index (χ3n) is 6.47. The Labute approximate surface area is 209 Å². The van der Waals surface area contributed by atoms with Crippen LogP contribution in [0, 0.1) is 18.7 Å². The Bertz CT molecular complexity index is 1130. The minimum atomic E-state index is -5.00. The summed E-state index contributed by atoms with van der Waals surface area (Å²) in [4.78, 5) is 27.7. The molecule has 2 N–H and O–H groups in total. The van der Waals surface area contributed by atoms with E-state index in [0.717, 1.165) is 4.90 Å². The second-order valence-electron chi connectivity index (χ2n) is 9.31. The first-order valence-corrected chi connectivity index (χ1v) is 11.4. The van der Waals surface area contributed by atoms with Gasteiger partial charge in [-0.2, -0.15) is 26.3 Å². The molecule has 1 fully saturated rings. The van der Waals surface area contributed by atoms with Crippen molar-refractivity contribution >= 4 is 11.8 Å². The van der Waals surface area contributed by atoms with Crippen LogP contribution in [0.25, 0.3) is 0 Å². The highest BCUT2D eigenvalue weighted by atomic mass is 19.4. The van der Waals surface area contributed by atoms with Gasteiger partial charge in [0.15, 0.2) is 0 Å². The second-order valence-corrected chi connectivity index (χ2v) is 9.31. The Balaban J connectivity index is 1.91. The van der Waals surface area contributed by atoms with E-state index in [0.29, 0.717) is 29.8 Å². The number of carbonyl (C=O) groups excluding carboxylic acids is 2. The van der Waals surface area contributed by atoms with E-state index in [-0.39, 0.29) is 31.1 Å². The molecule has 2 amide bonds. The molecule has 37 heavy (non-hydrogen) atoms. The molecule has 2 unspecified atom stereocenters. The molecular weight excluding hydrogens is 507 g/mol. The van der Waals surface area contributed by atoms with Gasteiger partial charge in [-0.1, -0.05) is 6.07 Å². The predicted octanol–water partition coefficient (Wildman–Crippen LogP) is 4.72. The van der Waals surface area contributed by atoms with E-state index in [1.807, 2.05) is 0 Å². The summed E-state index contributed by atoms with van der Waals surface area (Å²) < 4.78 is 93.2. The number of rotatable bonds is 6. The van der Waals surface area contributed by atoms with Crippen molar-refractivity contribution in [2.75, 3.05) is 26.7 Å². The van der Waals surface area contributed by atoms with Gasteiger partial charge >= 0.3 is 12.4 Å². The standard InChI is InChI=1S/C25H26F7N3O2/c1-14-7-18(26)3-4-19(14)21-12-35(13-22(33)36)6-5-20(21)23(37)34(2)11-15-8-16(24(27,28)29)10-17(9-15)25(30,31)32/h3-4,7-10,20-21H,5-6,11-13H2,1-2H3,(H2,33,36). The Morgan fingerprint density at radius 2 is 1.62 bits per heavy atom. The quantitative estimate of drug-likeness (QED) is 0.547. The van der Waals surface area contributed by atoms with Gasteiger partial charge in [0.2, 0.25) is 11.8 Å². The zero-order chi connectivity index (χ0) is 27.7. The van der Waals surface area contributed by atoms with Crippen LogP contribution in [0.5, 0.6) is 0 Å². The largest absolute Gasteiger partial charge is 0.416 e. The third-order valence-corrected chi connectivity index (χ3v) is 6.47. The molecule has 1 heterocycles. The Kier molecular flexibility index (Phi) is 8.21. The SMILES string of the molecule is Cc1cc(F)ccc1C1CN(CC(N)=O)CCC1C(=O)N(C)Cc1cc(C(F)(F)F)cc(C(F)(F)F)c1. The van der Waals surface area contributed by atoms with Crippen molar-refractivity contribution in [2.24, 2.45) is 11.7 Å². The summed E-state index contributed by atoms with van der Waals surface area (Å²) in [5.74, 6) is -2.74. The summed E-state index contributed by atoms with van der Waals surface area (Å²) in [7, 11) is 1.31. The topological polar surface area (TPSA) is 66.6 Å². The lowest BCUT2D eigenvalue weighted by Gasteiger charge is -2.39. The minimum absolute atomic E-state index is 0.0348. The van der Waals surface area contributed by atoms with Crippen LogP contribution in [0.4, 0.5) is 30.7 Å². The molecule has 2 aromatic rings. The molecule has 0 saturated carbocycles. The highest BCUT2D eigenvalue weighted by Crippen LogP contribution is 2.38. The van der Waals surface area contributed by atoms with Crippen molar-refractivity contribution in [1.82, 2.24) is 9.80 Å². The van der Waals surface area contributed by atoms with Gasteiger partial charge in [-0.15, -0.1) is 0 Å². The molecular formula is C25H26F7N3O2. The number of halogens is 7. The van der Waals surface area contributed by atoms with E-state index in [1.165, 1.54) is 25.2 Å². The first-order valence-electron chi connectivity index (χ1n) is 11.4. The number of benzene rings is 2. The van der Waals surface area contributed by atoms with Crippen LogP contribution in [0.15, 0.2) is 36.4 Å². The predicted molar refractivity (Wildman–Crippen MR) is 121 cm³/mol. The molecule has 1 aliphatic rings. The zero-order valence-electron chi connectivity index (χ0n) is 20.1. The molecule has 0 spiro atoms. The van der Waals surface area contributed by atoms with Gasteiger partial charge in [-0.25, -0.2) is 4.39 Å². The Hall–Kier alpha value is -3.15. The fraction of sp³-hybridized carbons (Fsp3) is 0.440. The number of primary amides is 1. The highest BCUT2D eigenvalue weighted by Gasteiger charge is 2.39. The van der Waals surface area contributed by atoms with Crippen molar-refractivity contribution in [3.05, 3.63) is 70.0 Å². The fourth-order valence-electron chi connectivity index (χ4n) is 4.79. The lowest BCUT2D eigenvalue weighted by molar-refractivity contribution is -0.143. The molecule has 2 aromatic carbocycles. The number of amides is 2.